The minimum absolute atomic E-state index is 0. The standard InChI is InChI=1S/C22H26NO.ClH/c1-2-3-4-8-15-24-22-12-11-21-18-23(14-13-20(21)16-22)17-19-9-6-5-7-10-19;/h5-7,9-14,16,18H,2-4,8,15,17H2,1H3;1H/q+1;/p-1. The van der Waals surface area contributed by atoms with Gasteiger partial charge in [0.05, 0.1) is 6.61 Å². The lowest BCUT2D eigenvalue weighted by molar-refractivity contribution is -0.687. The van der Waals surface area contributed by atoms with Crippen LogP contribution in [0.5, 0.6) is 5.75 Å². The van der Waals surface area contributed by atoms with E-state index in [2.05, 4.69) is 78.5 Å². The number of halogens is 1. The van der Waals surface area contributed by atoms with Crippen molar-refractivity contribution in [2.45, 2.75) is 39.2 Å². The predicted molar refractivity (Wildman–Crippen MR) is 99.3 cm³/mol. The monoisotopic (exact) mass is 355 g/mol. The van der Waals surface area contributed by atoms with Crippen molar-refractivity contribution >= 4 is 10.8 Å². The van der Waals surface area contributed by atoms with Crippen LogP contribution in [0.15, 0.2) is 67.0 Å². The van der Waals surface area contributed by atoms with Crippen molar-refractivity contribution in [3.63, 3.8) is 0 Å². The Kier molecular flexibility index (Phi) is 7.75. The highest BCUT2D eigenvalue weighted by Gasteiger charge is 2.05. The van der Waals surface area contributed by atoms with Crippen molar-refractivity contribution in [2.75, 3.05) is 6.61 Å². The molecular formula is C22H26ClNO. The zero-order valence-corrected chi connectivity index (χ0v) is 15.6. The van der Waals surface area contributed by atoms with E-state index in [1.54, 1.807) is 0 Å². The first-order valence-corrected chi connectivity index (χ1v) is 8.95. The van der Waals surface area contributed by atoms with Gasteiger partial charge in [-0.3, -0.25) is 0 Å². The molecule has 0 aliphatic carbocycles. The lowest BCUT2D eigenvalue weighted by Crippen LogP contribution is -3.00. The van der Waals surface area contributed by atoms with E-state index in [0.717, 1.165) is 25.3 Å². The highest BCUT2D eigenvalue weighted by molar-refractivity contribution is 5.82. The van der Waals surface area contributed by atoms with Crippen molar-refractivity contribution < 1.29 is 21.7 Å². The Labute approximate surface area is 156 Å². The van der Waals surface area contributed by atoms with Crippen LogP contribution in [0.1, 0.15) is 38.2 Å². The van der Waals surface area contributed by atoms with Crippen LogP contribution in [-0.2, 0) is 6.54 Å². The van der Waals surface area contributed by atoms with Gasteiger partial charge in [-0.25, -0.2) is 4.57 Å². The summed E-state index contributed by atoms with van der Waals surface area (Å²) < 4.78 is 8.10. The molecule has 1 heterocycles. The normalized spacial score (nSPS) is 10.4. The fourth-order valence-corrected chi connectivity index (χ4v) is 2.91. The van der Waals surface area contributed by atoms with Gasteiger partial charge in [0.25, 0.3) is 0 Å². The molecule has 0 fully saturated rings. The molecule has 3 rings (SSSR count). The maximum absolute atomic E-state index is 5.88. The summed E-state index contributed by atoms with van der Waals surface area (Å²) in [6.07, 6.45) is 9.29. The quantitative estimate of drug-likeness (QED) is 0.446. The Morgan fingerprint density at radius 1 is 0.880 bits per heavy atom. The zero-order chi connectivity index (χ0) is 16.6. The summed E-state index contributed by atoms with van der Waals surface area (Å²) in [5, 5.41) is 2.47. The van der Waals surface area contributed by atoms with Gasteiger partial charge >= 0.3 is 0 Å². The Hall–Kier alpha value is -2.06. The number of pyridine rings is 1. The molecule has 0 atom stereocenters. The maximum Gasteiger partial charge on any atom is 0.176 e. The summed E-state index contributed by atoms with van der Waals surface area (Å²) in [7, 11) is 0. The van der Waals surface area contributed by atoms with Gasteiger partial charge in [-0.1, -0.05) is 56.5 Å². The lowest BCUT2D eigenvalue weighted by atomic mass is 10.1. The first-order chi connectivity index (χ1) is 11.8. The first kappa shape index (κ1) is 19.3. The minimum Gasteiger partial charge on any atom is -1.00 e. The zero-order valence-electron chi connectivity index (χ0n) is 14.8. The summed E-state index contributed by atoms with van der Waals surface area (Å²) in [5.74, 6) is 0.972. The number of hydrogen-bond acceptors (Lipinski definition) is 1. The second-order valence-electron chi connectivity index (χ2n) is 6.30. The third kappa shape index (κ3) is 5.75. The van der Waals surface area contributed by atoms with Gasteiger partial charge in [0, 0.05) is 17.0 Å². The topological polar surface area (TPSA) is 13.1 Å². The summed E-state index contributed by atoms with van der Waals surface area (Å²) in [4.78, 5) is 0. The van der Waals surface area contributed by atoms with E-state index in [-0.39, 0.29) is 12.4 Å². The molecule has 1 aromatic heterocycles. The van der Waals surface area contributed by atoms with Gasteiger partial charge in [-0.2, -0.15) is 0 Å². The minimum atomic E-state index is 0. The number of ether oxygens (including phenoxy) is 1. The molecule has 132 valence electrons. The average molecular weight is 356 g/mol. The van der Waals surface area contributed by atoms with Gasteiger partial charge in [-0.15, -0.1) is 0 Å². The third-order valence-electron chi connectivity index (χ3n) is 4.28. The van der Waals surface area contributed by atoms with E-state index in [0.29, 0.717) is 0 Å². The van der Waals surface area contributed by atoms with Crippen molar-refractivity contribution in [1.29, 1.82) is 0 Å². The maximum atomic E-state index is 5.88. The fourth-order valence-electron chi connectivity index (χ4n) is 2.91. The molecule has 0 N–H and O–H groups in total. The molecule has 3 aromatic rings. The number of aromatic nitrogens is 1. The molecule has 25 heavy (non-hydrogen) atoms. The molecule has 0 aliphatic rings. The molecule has 3 heteroatoms. The highest BCUT2D eigenvalue weighted by atomic mass is 35.5. The molecule has 0 aliphatic heterocycles. The van der Waals surface area contributed by atoms with Crippen LogP contribution < -0.4 is 21.7 Å². The van der Waals surface area contributed by atoms with Gasteiger partial charge in [-0.05, 0) is 30.0 Å². The summed E-state index contributed by atoms with van der Waals surface area (Å²) in [6, 6.07) is 19.1. The number of nitrogens with zero attached hydrogens (tertiary/aromatic N) is 1. The molecule has 2 aromatic carbocycles. The first-order valence-electron chi connectivity index (χ1n) is 8.95. The van der Waals surface area contributed by atoms with E-state index >= 15 is 0 Å². The van der Waals surface area contributed by atoms with Crippen molar-refractivity contribution in [3.8, 4) is 5.75 Å². The second-order valence-corrected chi connectivity index (χ2v) is 6.30. The van der Waals surface area contributed by atoms with Crippen LogP contribution in [-0.4, -0.2) is 6.61 Å². The Bertz CT molecular complexity index is 773. The highest BCUT2D eigenvalue weighted by Crippen LogP contribution is 2.20. The Balaban J connectivity index is 0.00000225. The second kappa shape index (κ2) is 10.0. The number of rotatable bonds is 8. The fraction of sp³-hybridized carbons (Fsp3) is 0.318. The van der Waals surface area contributed by atoms with E-state index in [9.17, 15) is 0 Å². The van der Waals surface area contributed by atoms with E-state index < -0.39 is 0 Å². The third-order valence-corrected chi connectivity index (χ3v) is 4.28. The van der Waals surface area contributed by atoms with Crippen LogP contribution in [0.25, 0.3) is 10.8 Å². The number of benzene rings is 2. The molecule has 2 nitrogen and oxygen atoms in total. The van der Waals surface area contributed by atoms with E-state index in [1.165, 1.54) is 35.6 Å². The molecule has 0 unspecified atom stereocenters. The van der Waals surface area contributed by atoms with Crippen LogP contribution in [0.4, 0.5) is 0 Å². The van der Waals surface area contributed by atoms with Crippen LogP contribution >= 0.6 is 0 Å². The molecule has 0 bridgehead atoms. The smallest absolute Gasteiger partial charge is 0.176 e. The van der Waals surface area contributed by atoms with Crippen molar-refractivity contribution in [1.82, 2.24) is 0 Å². The SMILES string of the molecule is CCCCCCOc1ccc2c[n+](Cc3ccccc3)ccc2c1.[Cl-]. The molecule has 0 radical (unpaired) electrons. The lowest BCUT2D eigenvalue weighted by Gasteiger charge is -2.07. The molecule has 0 saturated heterocycles. The van der Waals surface area contributed by atoms with Crippen LogP contribution in [0.3, 0.4) is 0 Å². The van der Waals surface area contributed by atoms with E-state index in [4.69, 9.17) is 4.74 Å². The Morgan fingerprint density at radius 3 is 2.52 bits per heavy atom. The molecule has 0 spiro atoms. The van der Waals surface area contributed by atoms with Crippen molar-refractivity contribution in [3.05, 3.63) is 72.6 Å². The predicted octanol–water partition coefficient (Wildman–Crippen LogP) is 2.14. The number of unbranched alkanes of at least 4 members (excludes halogenated alkanes) is 3. The van der Waals surface area contributed by atoms with Gasteiger partial charge < -0.3 is 17.1 Å². The summed E-state index contributed by atoms with van der Waals surface area (Å²) >= 11 is 0. The Morgan fingerprint density at radius 2 is 1.72 bits per heavy atom. The van der Waals surface area contributed by atoms with Crippen LogP contribution in [0.2, 0.25) is 0 Å². The van der Waals surface area contributed by atoms with Crippen molar-refractivity contribution in [2.24, 2.45) is 0 Å². The largest absolute Gasteiger partial charge is 1.00 e. The van der Waals surface area contributed by atoms with Gasteiger partial charge in [0.15, 0.2) is 18.9 Å². The van der Waals surface area contributed by atoms with Gasteiger partial charge in [0.2, 0.25) is 0 Å². The molecule has 0 amide bonds. The number of fused-ring (bicyclic) bond motifs is 1. The van der Waals surface area contributed by atoms with Crippen LogP contribution in [0, 0.1) is 0 Å². The number of hydrogen-bond donors (Lipinski definition) is 0. The molecular weight excluding hydrogens is 330 g/mol. The van der Waals surface area contributed by atoms with E-state index in [1.807, 2.05) is 0 Å². The molecule has 0 saturated carbocycles. The summed E-state index contributed by atoms with van der Waals surface area (Å²) in [6.45, 7) is 3.94. The summed E-state index contributed by atoms with van der Waals surface area (Å²) in [5.41, 5.74) is 1.31. The van der Waals surface area contributed by atoms with Gasteiger partial charge in [0.1, 0.15) is 5.75 Å². The average Bonchev–Trinajstić information content (AvgIpc) is 2.62.